The van der Waals surface area contributed by atoms with Crippen molar-refractivity contribution < 1.29 is 23.7 Å². The third-order valence-corrected chi connectivity index (χ3v) is 7.23. The van der Waals surface area contributed by atoms with E-state index in [-0.39, 0.29) is 18.7 Å². The Balaban J connectivity index is 1.52. The van der Waals surface area contributed by atoms with Crippen molar-refractivity contribution in [3.8, 4) is 5.75 Å². The van der Waals surface area contributed by atoms with E-state index in [1.807, 2.05) is 49.4 Å². The second-order valence-electron chi connectivity index (χ2n) is 9.78. The molecule has 34 heavy (non-hydrogen) atoms. The molecule has 7 heteroatoms. The first-order valence-electron chi connectivity index (χ1n) is 12.3. The van der Waals surface area contributed by atoms with Crippen LogP contribution in [0.2, 0.25) is 0 Å². The second kappa shape index (κ2) is 10.7. The summed E-state index contributed by atoms with van der Waals surface area (Å²) in [6, 6.07) is 12.9. The molecule has 2 heterocycles. The fraction of sp³-hybridized carbons (Fsp3) is 0.556. The zero-order valence-electron chi connectivity index (χ0n) is 20.1. The lowest BCUT2D eigenvalue weighted by Crippen LogP contribution is -2.49. The lowest BCUT2D eigenvalue weighted by Gasteiger charge is -2.43. The Morgan fingerprint density at radius 2 is 1.82 bits per heavy atom. The number of ether oxygens (including phenoxy) is 1. The van der Waals surface area contributed by atoms with E-state index >= 15 is 0 Å². The minimum Gasteiger partial charge on any atom is -0.492 e. The molecular weight excluding hydrogens is 438 g/mol. The maximum atomic E-state index is 14.3. The Bertz CT molecular complexity index is 947. The summed E-state index contributed by atoms with van der Waals surface area (Å²) < 4.78 is 34.5. The molecule has 2 aromatic carbocycles. The van der Waals surface area contributed by atoms with Crippen LogP contribution in [0.3, 0.4) is 0 Å². The predicted molar refractivity (Wildman–Crippen MR) is 128 cm³/mol. The molecule has 0 amide bonds. The van der Waals surface area contributed by atoms with Crippen LogP contribution in [0.15, 0.2) is 42.5 Å². The van der Waals surface area contributed by atoms with Crippen molar-refractivity contribution in [1.82, 2.24) is 9.80 Å². The van der Waals surface area contributed by atoms with Gasteiger partial charge in [-0.25, -0.2) is 8.78 Å². The van der Waals surface area contributed by atoms with Crippen LogP contribution in [0.1, 0.15) is 48.6 Å². The number of nitrogens with zero attached hydrogens (tertiary/aromatic N) is 2. The SMILES string of the molecule is CCC1CN(CCOc2ccc([C@H]3c4ccc(CO)cc4C[C@@H](C)N3CC(F)(F)CO)cc2)C1. The average molecular weight is 475 g/mol. The number of hydrogen-bond donors (Lipinski definition) is 2. The van der Waals surface area contributed by atoms with Gasteiger partial charge in [0, 0.05) is 25.7 Å². The third-order valence-electron chi connectivity index (χ3n) is 7.23. The third kappa shape index (κ3) is 5.60. The fourth-order valence-corrected chi connectivity index (χ4v) is 5.16. The molecule has 0 radical (unpaired) electrons. The average Bonchev–Trinajstić information content (AvgIpc) is 2.81. The van der Waals surface area contributed by atoms with Gasteiger partial charge in [-0.2, -0.15) is 0 Å². The molecule has 2 atom stereocenters. The van der Waals surface area contributed by atoms with Crippen molar-refractivity contribution in [1.29, 1.82) is 0 Å². The Kier molecular flexibility index (Phi) is 7.87. The summed E-state index contributed by atoms with van der Waals surface area (Å²) in [6.45, 7) is 6.22. The van der Waals surface area contributed by atoms with Crippen molar-refractivity contribution in [2.75, 3.05) is 39.4 Å². The highest BCUT2D eigenvalue weighted by Crippen LogP contribution is 2.40. The summed E-state index contributed by atoms with van der Waals surface area (Å²) in [6.07, 6.45) is 1.84. The molecule has 2 aliphatic heterocycles. The van der Waals surface area contributed by atoms with Gasteiger partial charge in [-0.05, 0) is 53.6 Å². The van der Waals surface area contributed by atoms with E-state index in [0.717, 1.165) is 53.6 Å². The molecule has 0 aliphatic carbocycles. The summed E-state index contributed by atoms with van der Waals surface area (Å²) in [5.74, 6) is -1.61. The lowest BCUT2D eigenvalue weighted by atomic mass is 9.84. The summed E-state index contributed by atoms with van der Waals surface area (Å²) in [5.41, 5.74) is 3.74. The number of hydrogen-bond acceptors (Lipinski definition) is 5. The van der Waals surface area contributed by atoms with E-state index in [1.54, 1.807) is 4.90 Å². The standard InChI is InChI=1S/C27H36F2N2O3/c1-3-20-14-30(15-20)10-11-34-24-7-5-22(6-8-24)26-25-9-4-21(16-32)13-23(25)12-19(2)31(26)17-27(28,29)18-33/h4-9,13,19-20,26,32-33H,3,10-12,14-18H2,1-2H3/t19-,26+/m1/s1. The molecule has 0 bridgehead atoms. The normalized spacial score (nSPS) is 21.8. The number of likely N-dealkylation sites (tertiary alicyclic amines) is 1. The topological polar surface area (TPSA) is 56.2 Å². The van der Waals surface area contributed by atoms with E-state index in [0.29, 0.717) is 13.0 Å². The van der Waals surface area contributed by atoms with E-state index in [4.69, 9.17) is 4.74 Å². The van der Waals surface area contributed by atoms with E-state index in [1.165, 1.54) is 6.42 Å². The molecule has 0 saturated carbocycles. The van der Waals surface area contributed by atoms with Gasteiger partial charge in [0.15, 0.2) is 0 Å². The minimum atomic E-state index is -3.19. The maximum Gasteiger partial charge on any atom is 0.283 e. The van der Waals surface area contributed by atoms with Crippen LogP contribution in [0.4, 0.5) is 8.78 Å². The van der Waals surface area contributed by atoms with Gasteiger partial charge in [0.1, 0.15) is 19.0 Å². The van der Waals surface area contributed by atoms with Gasteiger partial charge in [-0.1, -0.05) is 43.7 Å². The molecule has 1 fully saturated rings. The van der Waals surface area contributed by atoms with E-state index in [2.05, 4.69) is 11.8 Å². The van der Waals surface area contributed by atoms with E-state index in [9.17, 15) is 19.0 Å². The first-order valence-corrected chi connectivity index (χ1v) is 12.3. The van der Waals surface area contributed by atoms with Crippen molar-refractivity contribution in [3.05, 3.63) is 64.7 Å². The molecule has 2 aliphatic rings. The Morgan fingerprint density at radius 1 is 1.09 bits per heavy atom. The van der Waals surface area contributed by atoms with Gasteiger partial charge in [0.2, 0.25) is 0 Å². The van der Waals surface area contributed by atoms with Gasteiger partial charge in [-0.15, -0.1) is 0 Å². The quantitative estimate of drug-likeness (QED) is 0.548. The molecule has 186 valence electrons. The van der Waals surface area contributed by atoms with E-state index < -0.39 is 19.1 Å². The first-order chi connectivity index (χ1) is 16.3. The molecule has 5 nitrogen and oxygen atoms in total. The molecule has 2 aromatic rings. The maximum absolute atomic E-state index is 14.3. The zero-order chi connectivity index (χ0) is 24.3. The van der Waals surface area contributed by atoms with Gasteiger partial charge in [0.25, 0.3) is 5.92 Å². The number of alkyl halides is 2. The van der Waals surface area contributed by atoms with Crippen LogP contribution >= 0.6 is 0 Å². The monoisotopic (exact) mass is 474 g/mol. The van der Waals surface area contributed by atoms with Gasteiger partial charge in [0.05, 0.1) is 19.2 Å². The van der Waals surface area contributed by atoms with Gasteiger partial charge in [-0.3, -0.25) is 9.80 Å². The second-order valence-corrected chi connectivity index (χ2v) is 9.78. The van der Waals surface area contributed by atoms with Crippen LogP contribution in [0, 0.1) is 5.92 Å². The summed E-state index contributed by atoms with van der Waals surface area (Å²) in [4.78, 5) is 4.17. The molecule has 0 unspecified atom stereocenters. The van der Waals surface area contributed by atoms with Gasteiger partial charge >= 0.3 is 0 Å². The van der Waals surface area contributed by atoms with Crippen LogP contribution in [-0.2, 0) is 13.0 Å². The molecule has 0 aromatic heterocycles. The highest BCUT2D eigenvalue weighted by molar-refractivity contribution is 5.43. The van der Waals surface area contributed by atoms with Gasteiger partial charge < -0.3 is 14.9 Å². The highest BCUT2D eigenvalue weighted by Gasteiger charge is 2.40. The van der Waals surface area contributed by atoms with Crippen molar-refractivity contribution >= 4 is 0 Å². The van der Waals surface area contributed by atoms with Crippen molar-refractivity contribution in [2.45, 2.75) is 51.3 Å². The largest absolute Gasteiger partial charge is 0.492 e. The molecular formula is C27H36F2N2O3. The molecule has 4 rings (SSSR count). The number of halogens is 2. The number of benzene rings is 2. The van der Waals surface area contributed by atoms with Crippen molar-refractivity contribution in [2.24, 2.45) is 5.92 Å². The Morgan fingerprint density at radius 3 is 2.47 bits per heavy atom. The van der Waals surface area contributed by atoms with Crippen molar-refractivity contribution in [3.63, 3.8) is 0 Å². The minimum absolute atomic E-state index is 0.0544. The predicted octanol–water partition coefficient (Wildman–Crippen LogP) is 3.86. The van der Waals surface area contributed by atoms with Crippen LogP contribution in [-0.4, -0.2) is 71.4 Å². The summed E-state index contributed by atoms with van der Waals surface area (Å²) >= 11 is 0. The smallest absolute Gasteiger partial charge is 0.283 e. The number of aliphatic hydroxyl groups excluding tert-OH is 2. The molecule has 1 saturated heterocycles. The first kappa shape index (κ1) is 25.0. The molecule has 2 N–H and O–H groups in total. The Hall–Kier alpha value is -2.06. The highest BCUT2D eigenvalue weighted by atomic mass is 19.3. The van der Waals surface area contributed by atoms with Crippen LogP contribution in [0.5, 0.6) is 5.75 Å². The molecule has 0 spiro atoms. The van der Waals surface area contributed by atoms with Crippen LogP contribution in [0.25, 0.3) is 0 Å². The number of aliphatic hydroxyl groups is 2. The van der Waals surface area contributed by atoms with Crippen LogP contribution < -0.4 is 4.74 Å². The fourth-order valence-electron chi connectivity index (χ4n) is 5.16. The zero-order valence-corrected chi connectivity index (χ0v) is 20.1. The lowest BCUT2D eigenvalue weighted by molar-refractivity contribution is -0.0862. The summed E-state index contributed by atoms with van der Waals surface area (Å²) in [5, 5.41) is 18.8. The Labute approximate surface area is 201 Å². The summed E-state index contributed by atoms with van der Waals surface area (Å²) in [7, 11) is 0. The number of rotatable bonds is 10. The number of fused-ring (bicyclic) bond motifs is 1.